The quantitative estimate of drug-likeness (QED) is 0.0413. The first-order valence-corrected chi connectivity index (χ1v) is 20.0. The summed E-state index contributed by atoms with van der Waals surface area (Å²) < 4.78 is 16.9. The van der Waals surface area contributed by atoms with Crippen LogP contribution in [0.15, 0.2) is 64.8 Å². The molecule has 1 heterocycles. The van der Waals surface area contributed by atoms with Crippen molar-refractivity contribution in [1.29, 1.82) is 0 Å². The molecule has 1 saturated heterocycles. The summed E-state index contributed by atoms with van der Waals surface area (Å²) in [7, 11) is 0. The molecule has 1 aliphatic heterocycles. The number of unbranched alkanes of at least 4 members (excludes halogenated alkanes) is 12. The molecule has 0 unspecified atom stereocenters. The van der Waals surface area contributed by atoms with E-state index in [9.17, 15) is 35.4 Å². The van der Waals surface area contributed by atoms with E-state index in [2.05, 4.69) is 22.5 Å². The van der Waals surface area contributed by atoms with Gasteiger partial charge in [0, 0.05) is 6.42 Å². The minimum Gasteiger partial charge on any atom is -0.494 e. The van der Waals surface area contributed by atoms with E-state index >= 15 is 0 Å². The highest BCUT2D eigenvalue weighted by Crippen LogP contribution is 2.24. The molecule has 1 amide bonds. The second kappa shape index (κ2) is 26.7. The Morgan fingerprint density at radius 3 is 1.96 bits per heavy atom. The predicted octanol–water partition coefficient (Wildman–Crippen LogP) is 5.77. The smallest absolute Gasteiger partial charge is 0.220 e. The normalized spacial score (nSPS) is 21.9. The maximum atomic E-state index is 13.0. The van der Waals surface area contributed by atoms with Crippen LogP contribution >= 0.6 is 0 Å². The molecular weight excluding hydrogens is 694 g/mol. The van der Waals surface area contributed by atoms with Gasteiger partial charge >= 0.3 is 0 Å². The van der Waals surface area contributed by atoms with Crippen LogP contribution in [0, 0.1) is 0 Å². The Hall–Kier alpha value is -3.01. The van der Waals surface area contributed by atoms with Gasteiger partial charge in [-0.3, -0.25) is 4.79 Å². The summed E-state index contributed by atoms with van der Waals surface area (Å²) in [6, 6.07) is 15.6. The first-order valence-electron chi connectivity index (χ1n) is 20.0. The van der Waals surface area contributed by atoms with Gasteiger partial charge in [-0.1, -0.05) is 102 Å². The maximum Gasteiger partial charge on any atom is 0.220 e. The average Bonchev–Trinajstić information content (AvgIpc) is 3.19. The minimum absolute atomic E-state index is 0.125. The highest BCUT2D eigenvalue weighted by molar-refractivity contribution is 5.76. The number of aliphatic hydroxyl groups is 6. The molecule has 13 heteroatoms. The zero-order chi connectivity index (χ0) is 39.0. The zero-order valence-electron chi connectivity index (χ0n) is 32.0. The van der Waals surface area contributed by atoms with Crippen molar-refractivity contribution in [2.45, 2.75) is 159 Å². The van der Waals surface area contributed by atoms with Crippen molar-refractivity contribution < 1.29 is 49.6 Å². The number of benzene rings is 2. The number of nitrogens with zero attached hydrogens (tertiary/aromatic N) is 2. The lowest BCUT2D eigenvalue weighted by Gasteiger charge is -2.40. The van der Waals surface area contributed by atoms with Crippen LogP contribution in [0.5, 0.6) is 5.75 Å². The molecule has 8 atom stereocenters. The van der Waals surface area contributed by atoms with Crippen LogP contribution in [0.25, 0.3) is 0 Å². The molecule has 1 aliphatic rings. The first-order chi connectivity index (χ1) is 26.2. The molecule has 0 aliphatic carbocycles. The van der Waals surface area contributed by atoms with Gasteiger partial charge in [-0.15, -0.1) is 0 Å². The van der Waals surface area contributed by atoms with Crippen molar-refractivity contribution in [1.82, 2.24) is 5.32 Å². The number of nitrogens with one attached hydrogen (secondary N) is 1. The van der Waals surface area contributed by atoms with Crippen LogP contribution in [0.3, 0.4) is 0 Å². The Bertz CT molecular complexity index is 1290. The van der Waals surface area contributed by atoms with Crippen molar-refractivity contribution >= 4 is 17.3 Å². The number of hydrogen-bond donors (Lipinski definition) is 7. The number of carbonyl (C=O) groups excluding carboxylic acids is 1. The van der Waals surface area contributed by atoms with E-state index in [1.54, 1.807) is 24.3 Å². The summed E-state index contributed by atoms with van der Waals surface area (Å²) in [5.74, 6) is 0.288. The number of aliphatic hydroxyl groups excluding tert-OH is 6. The average molecular weight is 760 g/mol. The van der Waals surface area contributed by atoms with Crippen molar-refractivity contribution in [2.24, 2.45) is 10.2 Å². The summed E-state index contributed by atoms with van der Waals surface area (Å²) in [6.07, 6.45) is 5.62. The van der Waals surface area contributed by atoms with E-state index in [1.807, 2.05) is 30.3 Å². The molecule has 0 spiro atoms. The molecular formula is C41H65N3O10. The van der Waals surface area contributed by atoms with Crippen LogP contribution in [0.1, 0.15) is 110 Å². The molecule has 7 N–H and O–H groups in total. The fourth-order valence-electron chi connectivity index (χ4n) is 6.34. The number of rotatable bonds is 28. The fraction of sp³-hybridized carbons (Fsp3) is 0.683. The van der Waals surface area contributed by atoms with Gasteiger partial charge in [-0.25, -0.2) is 0 Å². The fourth-order valence-corrected chi connectivity index (χ4v) is 6.34. The van der Waals surface area contributed by atoms with Gasteiger partial charge < -0.3 is 50.2 Å². The topological polar surface area (TPSA) is 203 Å². The summed E-state index contributed by atoms with van der Waals surface area (Å²) >= 11 is 0. The van der Waals surface area contributed by atoms with E-state index < -0.39 is 55.6 Å². The Labute approximate surface area is 320 Å². The summed E-state index contributed by atoms with van der Waals surface area (Å²) in [5.41, 5.74) is 1.45. The lowest BCUT2D eigenvalue weighted by atomic mass is 9.98. The molecule has 0 radical (unpaired) electrons. The molecule has 1 fully saturated rings. The van der Waals surface area contributed by atoms with E-state index in [0.29, 0.717) is 43.7 Å². The van der Waals surface area contributed by atoms with Gasteiger partial charge in [0.15, 0.2) is 6.29 Å². The second-order valence-electron chi connectivity index (χ2n) is 14.3. The molecule has 13 nitrogen and oxygen atoms in total. The van der Waals surface area contributed by atoms with Crippen LogP contribution in [-0.4, -0.2) is 105 Å². The molecule has 2 aromatic carbocycles. The molecule has 304 valence electrons. The minimum atomic E-state index is -1.64. The summed E-state index contributed by atoms with van der Waals surface area (Å²) in [4.78, 5) is 13.0. The molecule has 54 heavy (non-hydrogen) atoms. The standard InChI is InChI=1S/C41H65N3O10/c1-2-3-4-5-6-7-8-9-10-11-12-16-21-34(46)37(48)33(29-53-41-40(51)39(50)38(49)35(28-45)54-41)42-36(47)22-17-18-27-52-32-25-23-31(24-26-32)44-43-30-19-14-13-15-20-30/h13-15,19-20,23-26,33-35,37-41,45-46,48-51H,2-12,16-18,21-22,27-29H2,1H3,(H,42,47)/t33-,34+,35+,37-,38-,39-,40+,41-/m0/s1. The van der Waals surface area contributed by atoms with E-state index in [0.717, 1.165) is 24.9 Å². The summed E-state index contributed by atoms with van der Waals surface area (Å²) in [5, 5.41) is 73.4. The highest BCUT2D eigenvalue weighted by Gasteiger charge is 2.44. The van der Waals surface area contributed by atoms with Crippen LogP contribution in [0.2, 0.25) is 0 Å². The highest BCUT2D eigenvalue weighted by atomic mass is 16.7. The van der Waals surface area contributed by atoms with Gasteiger partial charge in [0.1, 0.15) is 36.3 Å². The third kappa shape index (κ3) is 17.2. The number of ether oxygens (including phenoxy) is 3. The predicted molar refractivity (Wildman–Crippen MR) is 206 cm³/mol. The molecule has 0 bridgehead atoms. The van der Waals surface area contributed by atoms with E-state index in [-0.39, 0.29) is 18.9 Å². The molecule has 3 rings (SSSR count). The van der Waals surface area contributed by atoms with Crippen molar-refractivity contribution in [2.75, 3.05) is 19.8 Å². The van der Waals surface area contributed by atoms with Crippen molar-refractivity contribution in [3.63, 3.8) is 0 Å². The third-order valence-corrected chi connectivity index (χ3v) is 9.74. The lowest BCUT2D eigenvalue weighted by Crippen LogP contribution is -2.60. The largest absolute Gasteiger partial charge is 0.494 e. The Morgan fingerprint density at radius 1 is 0.759 bits per heavy atom. The van der Waals surface area contributed by atoms with E-state index in [4.69, 9.17) is 14.2 Å². The zero-order valence-corrected chi connectivity index (χ0v) is 32.0. The number of amides is 1. The van der Waals surface area contributed by atoms with Gasteiger partial charge in [-0.2, -0.15) is 10.2 Å². The van der Waals surface area contributed by atoms with Crippen LogP contribution in [0.4, 0.5) is 11.4 Å². The van der Waals surface area contributed by atoms with Crippen LogP contribution in [-0.2, 0) is 14.3 Å². The summed E-state index contributed by atoms with van der Waals surface area (Å²) in [6.45, 7) is 1.61. The Morgan fingerprint density at radius 2 is 1.35 bits per heavy atom. The maximum absolute atomic E-state index is 13.0. The van der Waals surface area contributed by atoms with Gasteiger partial charge in [-0.05, 0) is 55.7 Å². The number of carbonyl (C=O) groups is 1. The van der Waals surface area contributed by atoms with E-state index in [1.165, 1.54) is 51.4 Å². The lowest BCUT2D eigenvalue weighted by molar-refractivity contribution is -0.303. The molecule has 0 saturated carbocycles. The van der Waals surface area contributed by atoms with Crippen LogP contribution < -0.4 is 10.1 Å². The van der Waals surface area contributed by atoms with Crippen molar-refractivity contribution in [3.05, 3.63) is 54.6 Å². The second-order valence-corrected chi connectivity index (χ2v) is 14.3. The Balaban J connectivity index is 1.42. The monoisotopic (exact) mass is 759 g/mol. The van der Waals surface area contributed by atoms with Gasteiger partial charge in [0.25, 0.3) is 0 Å². The van der Waals surface area contributed by atoms with Gasteiger partial charge in [0.2, 0.25) is 5.91 Å². The Kier molecular flexibility index (Phi) is 22.5. The SMILES string of the molecule is CCCCCCCCCCCCCC[C@@H](O)[C@@H](O)[C@H](CO[C@H]1O[C@H](CO)[C@H](O)[C@H](O)[C@H]1O)NC(=O)CCCCOc1ccc(N=Nc2ccccc2)cc1. The first kappa shape index (κ1) is 45.4. The number of azo groups is 1. The van der Waals surface area contributed by atoms with Crippen molar-refractivity contribution in [3.8, 4) is 5.75 Å². The molecule has 2 aromatic rings. The third-order valence-electron chi connectivity index (χ3n) is 9.74. The van der Waals surface area contributed by atoms with Gasteiger partial charge in [0.05, 0.1) is 43.3 Å². The molecule has 0 aromatic heterocycles. The number of hydrogen-bond acceptors (Lipinski definition) is 12.